The van der Waals surface area contributed by atoms with Crippen molar-refractivity contribution in [2.45, 2.75) is 72.3 Å². The average Bonchev–Trinajstić information content (AvgIpc) is 2.98. The summed E-state index contributed by atoms with van der Waals surface area (Å²) >= 11 is 0. The van der Waals surface area contributed by atoms with Gasteiger partial charge in [-0.3, -0.25) is 14.9 Å². The second-order valence-corrected chi connectivity index (χ2v) is 11.8. The molecular weight excluding hydrogens is 560 g/mol. The minimum Gasteiger partial charge on any atom is -0.493 e. The molecule has 1 unspecified atom stereocenters. The molecule has 0 spiro atoms. The van der Waals surface area contributed by atoms with Crippen LogP contribution in [-0.2, 0) is 28.6 Å². The Morgan fingerprint density at radius 1 is 1.12 bits per heavy atom. The number of aliphatic carboxylic acids is 1. The Bertz CT molecular complexity index is 1560. The molecule has 7 nitrogen and oxygen atoms in total. The zero-order chi connectivity index (χ0) is 32.2. The summed E-state index contributed by atoms with van der Waals surface area (Å²) < 4.78 is 16.3. The number of benzene rings is 3. The molecule has 230 valence electrons. The zero-order valence-corrected chi connectivity index (χ0v) is 26.7. The molecule has 1 aromatic heterocycles. The Hall–Kier alpha value is -3.77. The van der Waals surface area contributed by atoms with Crippen molar-refractivity contribution in [2.75, 3.05) is 12.4 Å². The van der Waals surface area contributed by atoms with Crippen molar-refractivity contribution in [2.24, 2.45) is 5.14 Å². The van der Waals surface area contributed by atoms with Crippen LogP contribution >= 0.6 is 0 Å². The number of unbranched alkanes of at least 4 members (excludes halogenated alkanes) is 1. The minimum absolute atomic E-state index is 0.0224. The number of hydrogen-bond donors (Lipinski definition) is 3. The fraction of sp³-hybridized carbons (Fsp3) is 0.371. The van der Waals surface area contributed by atoms with Crippen LogP contribution in [0.5, 0.6) is 5.75 Å². The number of aliphatic hydroxyl groups is 1. The normalized spacial score (nSPS) is 12.4. The lowest BCUT2D eigenvalue weighted by Gasteiger charge is -2.21. The number of hydrogen-bond acceptors (Lipinski definition) is 5. The first-order valence-electron chi connectivity index (χ1n) is 14.5. The number of ether oxygens (including phenoxy) is 1. The minimum atomic E-state index is -1.18. The summed E-state index contributed by atoms with van der Waals surface area (Å²) in [4.78, 5) is 16.3. The topological polar surface area (TPSA) is 123 Å². The number of aromatic nitrogens is 1. The van der Waals surface area contributed by atoms with Crippen molar-refractivity contribution < 1.29 is 24.0 Å². The number of carboxylic acids is 1. The van der Waals surface area contributed by atoms with Crippen molar-refractivity contribution in [1.29, 1.82) is 0 Å². The molecule has 1 aliphatic heterocycles. The van der Waals surface area contributed by atoms with Gasteiger partial charge in [-0.2, -0.15) is 0 Å². The highest BCUT2D eigenvalue weighted by Gasteiger charge is 2.22. The molecule has 4 N–H and O–H groups in total. The van der Waals surface area contributed by atoms with Crippen molar-refractivity contribution in [3.8, 4) is 29.7 Å². The molecule has 8 heteroatoms. The Balaban J connectivity index is 0.000000366. The molecule has 5 rings (SSSR count). The second-order valence-electron chi connectivity index (χ2n) is 10.6. The van der Waals surface area contributed by atoms with E-state index in [2.05, 4.69) is 31.0 Å². The number of nitrogens with zero attached hydrogens (tertiary/aromatic N) is 1. The van der Waals surface area contributed by atoms with E-state index < -0.39 is 22.6 Å². The van der Waals surface area contributed by atoms with Crippen molar-refractivity contribution >= 4 is 38.6 Å². The number of rotatable bonds is 8. The van der Waals surface area contributed by atoms with Gasteiger partial charge >= 0.3 is 5.97 Å². The quantitative estimate of drug-likeness (QED) is 0.151. The molecule has 3 aromatic carbocycles. The highest BCUT2D eigenvalue weighted by molar-refractivity contribution is 7.82. The third-order valence-corrected chi connectivity index (χ3v) is 7.62. The number of terminal acetylenes is 1. The molecule has 0 aliphatic carbocycles. The molecule has 2 heterocycles. The van der Waals surface area contributed by atoms with Crippen molar-refractivity contribution in [3.63, 3.8) is 0 Å². The summed E-state index contributed by atoms with van der Waals surface area (Å²) in [6, 6.07) is 16.2. The number of fused-ring (bicyclic) bond motifs is 1. The van der Waals surface area contributed by atoms with E-state index in [0.717, 1.165) is 75.4 Å². The Kier molecular flexibility index (Phi) is 13.8. The van der Waals surface area contributed by atoms with Crippen LogP contribution in [0, 0.1) is 19.8 Å². The number of aryl methyl sites for hydroxylation is 1. The van der Waals surface area contributed by atoms with Crippen molar-refractivity contribution in [3.05, 3.63) is 71.4 Å². The van der Waals surface area contributed by atoms with E-state index >= 15 is 0 Å². The second kappa shape index (κ2) is 16.8. The van der Waals surface area contributed by atoms with Gasteiger partial charge in [0.05, 0.1) is 35.1 Å². The number of carboxylic acid groups (broad SMARTS) is 1. The van der Waals surface area contributed by atoms with Crippen LogP contribution in [0.15, 0.2) is 54.7 Å². The maximum Gasteiger partial charge on any atom is 0.307 e. The van der Waals surface area contributed by atoms with Gasteiger partial charge in [0.15, 0.2) is 0 Å². The molecule has 43 heavy (non-hydrogen) atoms. The van der Waals surface area contributed by atoms with Crippen LogP contribution in [0.4, 0.5) is 0 Å². The molecule has 1 aliphatic rings. The smallest absolute Gasteiger partial charge is 0.307 e. The molecule has 0 amide bonds. The average molecular weight is 605 g/mol. The maximum absolute atomic E-state index is 11.6. The molecule has 0 fully saturated rings. The molecule has 4 aromatic rings. The van der Waals surface area contributed by atoms with Gasteiger partial charge < -0.3 is 14.9 Å². The number of pyridine rings is 1. The van der Waals surface area contributed by atoms with Gasteiger partial charge in [-0.05, 0) is 91.3 Å². The van der Waals surface area contributed by atoms with Crippen LogP contribution in [-0.4, -0.2) is 43.3 Å². The van der Waals surface area contributed by atoms with Gasteiger partial charge in [0.2, 0.25) is 0 Å². The number of nitrogens with two attached hydrogens (primary N) is 1. The summed E-state index contributed by atoms with van der Waals surface area (Å²) in [6.45, 7) is 10.2. The maximum atomic E-state index is 11.6. The molecular formula is C35H44N2O5S. The van der Waals surface area contributed by atoms with Gasteiger partial charge in [0.1, 0.15) is 5.75 Å². The third kappa shape index (κ3) is 9.62. The SMILES string of the molecule is C#C.CC.CC(C)(O)CCCCS(N)=O.Cc1cc2ccccc2c(-c2ccc3c4c(ccnc24)CCO3)c1CC(=O)O. The summed E-state index contributed by atoms with van der Waals surface area (Å²) in [6.07, 6.45) is 13.1. The Morgan fingerprint density at radius 3 is 2.47 bits per heavy atom. The van der Waals surface area contributed by atoms with Crippen LogP contribution in [0.3, 0.4) is 0 Å². The summed E-state index contributed by atoms with van der Waals surface area (Å²) in [5.41, 5.74) is 5.23. The van der Waals surface area contributed by atoms with E-state index in [4.69, 9.17) is 14.9 Å². The fourth-order valence-corrected chi connectivity index (χ4v) is 5.61. The first kappa shape index (κ1) is 35.4. The van der Waals surface area contributed by atoms with Crippen LogP contribution in [0.25, 0.3) is 32.8 Å². The van der Waals surface area contributed by atoms with Crippen LogP contribution < -0.4 is 9.88 Å². The molecule has 0 radical (unpaired) electrons. The molecule has 0 saturated heterocycles. The van der Waals surface area contributed by atoms with Crippen LogP contribution in [0.1, 0.15) is 63.6 Å². The summed E-state index contributed by atoms with van der Waals surface area (Å²) in [7, 11) is -1.18. The standard InChI is InChI=1S/C24H19NO3.C7H17NO2S.C2H6.C2H2/c1-14-12-16-4-2-3-5-17(16)23(19(14)13-21(26)27)18-6-7-20-22-15(9-11-28-20)8-10-25-24(18)22;1-7(2,9)5-3-4-6-11(8)10;2*1-2/h2-8,10,12H,9,11,13H2,1H3,(H,26,27);9H,3-6,8H2,1-2H3;1-2H3;1-2H. The highest BCUT2D eigenvalue weighted by Crippen LogP contribution is 2.42. The Labute approximate surface area is 258 Å². The molecule has 1 atom stereocenters. The van der Waals surface area contributed by atoms with E-state index in [1.807, 2.05) is 57.3 Å². The Morgan fingerprint density at radius 2 is 1.81 bits per heavy atom. The lowest BCUT2D eigenvalue weighted by Crippen LogP contribution is -2.18. The lowest BCUT2D eigenvalue weighted by molar-refractivity contribution is -0.136. The zero-order valence-electron chi connectivity index (χ0n) is 25.9. The van der Waals surface area contributed by atoms with E-state index in [1.165, 1.54) is 5.56 Å². The van der Waals surface area contributed by atoms with Gasteiger partial charge in [-0.15, -0.1) is 12.8 Å². The number of carbonyl (C=O) groups is 1. The first-order chi connectivity index (χ1) is 20.5. The predicted octanol–water partition coefficient (Wildman–Crippen LogP) is 6.75. The fourth-order valence-electron chi connectivity index (χ4n) is 5.12. The summed E-state index contributed by atoms with van der Waals surface area (Å²) in [5.74, 6) is 0.555. The van der Waals surface area contributed by atoms with Gasteiger partial charge in [0, 0.05) is 29.3 Å². The lowest BCUT2D eigenvalue weighted by atomic mass is 9.87. The highest BCUT2D eigenvalue weighted by atomic mass is 32.2. The largest absolute Gasteiger partial charge is 0.493 e. The first-order valence-corrected chi connectivity index (χ1v) is 15.9. The van der Waals surface area contributed by atoms with E-state index in [0.29, 0.717) is 12.4 Å². The van der Waals surface area contributed by atoms with E-state index in [-0.39, 0.29) is 6.42 Å². The van der Waals surface area contributed by atoms with E-state index in [9.17, 15) is 19.2 Å². The molecule has 0 saturated carbocycles. The van der Waals surface area contributed by atoms with Crippen LogP contribution in [0.2, 0.25) is 0 Å². The summed E-state index contributed by atoms with van der Waals surface area (Å²) in [5, 5.41) is 27.1. The van der Waals surface area contributed by atoms with Gasteiger partial charge in [-0.1, -0.05) is 44.2 Å². The van der Waals surface area contributed by atoms with Gasteiger partial charge in [-0.25, -0.2) is 4.21 Å². The monoisotopic (exact) mass is 604 g/mol. The third-order valence-electron chi connectivity index (χ3n) is 6.93. The molecule has 0 bridgehead atoms. The predicted molar refractivity (Wildman–Crippen MR) is 179 cm³/mol. The van der Waals surface area contributed by atoms with Crippen molar-refractivity contribution in [1.82, 2.24) is 4.98 Å². The van der Waals surface area contributed by atoms with E-state index in [1.54, 1.807) is 13.8 Å². The van der Waals surface area contributed by atoms with Gasteiger partial charge in [0.25, 0.3) is 0 Å².